The van der Waals surface area contributed by atoms with E-state index in [1.54, 1.807) is 0 Å². The van der Waals surface area contributed by atoms with Crippen LogP contribution >= 0.6 is 0 Å². The zero-order valence-corrected chi connectivity index (χ0v) is 9.87. The molecule has 2 N–H and O–H groups in total. The van der Waals surface area contributed by atoms with E-state index in [9.17, 15) is 0 Å². The summed E-state index contributed by atoms with van der Waals surface area (Å²) in [4.78, 5) is 8.56. The van der Waals surface area contributed by atoms with Gasteiger partial charge in [0.15, 0.2) is 0 Å². The maximum Gasteiger partial charge on any atom is 2.00 e. The Balaban J connectivity index is -0.00000000450. The molecule has 2 radical (unpaired) electrons. The molecule has 0 aromatic heterocycles. The van der Waals surface area contributed by atoms with E-state index >= 15 is 0 Å². The maximum absolute atomic E-state index is 8.56. The van der Waals surface area contributed by atoms with Gasteiger partial charge in [0.25, 0.3) is 0 Å². The van der Waals surface area contributed by atoms with E-state index in [4.69, 9.17) is 15.0 Å². The number of carbonyl (C=O) groups is 1. The Labute approximate surface area is 116 Å². The molecule has 0 aliphatic carbocycles. The van der Waals surface area contributed by atoms with Crippen molar-refractivity contribution in [2.75, 3.05) is 0 Å². The fraction of sp³-hybridized carbons (Fsp3) is 0.500. The number of rotatable bonds is 0. The summed E-state index contributed by atoms with van der Waals surface area (Å²) in [7, 11) is 0. The average molecular weight is 257 g/mol. The minimum atomic E-state index is -1.83. The summed E-state index contributed by atoms with van der Waals surface area (Å²) in [6, 6.07) is 0. The predicted molar refractivity (Wildman–Crippen MR) is 31.1 cm³/mol. The SMILES string of the molecule is C.O=C(O)O.[Ba].[Ca+2].[H-].[H-]. The van der Waals surface area contributed by atoms with Crippen LogP contribution in [0.3, 0.4) is 0 Å². The summed E-state index contributed by atoms with van der Waals surface area (Å²) < 4.78 is 0. The van der Waals surface area contributed by atoms with E-state index in [1.807, 2.05) is 0 Å². The Bertz CT molecular complexity index is 42.8. The van der Waals surface area contributed by atoms with E-state index in [0.29, 0.717) is 0 Å². The first kappa shape index (κ1) is 23.0. The first-order valence-corrected chi connectivity index (χ1v) is 0.651. The van der Waals surface area contributed by atoms with Gasteiger partial charge in [0.2, 0.25) is 0 Å². The smallest absolute Gasteiger partial charge is 1.00 e. The Hall–Kier alpha value is 2.10. The van der Waals surface area contributed by atoms with Crippen molar-refractivity contribution in [3.05, 3.63) is 0 Å². The van der Waals surface area contributed by atoms with Crippen LogP contribution in [0.5, 0.6) is 0 Å². The van der Waals surface area contributed by atoms with E-state index in [2.05, 4.69) is 0 Å². The van der Waals surface area contributed by atoms with Gasteiger partial charge in [-0.3, -0.25) is 0 Å². The first-order chi connectivity index (χ1) is 1.73. The summed E-state index contributed by atoms with van der Waals surface area (Å²) in [5.41, 5.74) is 0. The van der Waals surface area contributed by atoms with Crippen molar-refractivity contribution in [3.8, 4) is 0 Å². The molecule has 0 saturated carbocycles. The second kappa shape index (κ2) is 15.7. The monoisotopic (exact) mass is 258 g/mol. The second-order valence-electron chi connectivity index (χ2n) is 0.283. The average Bonchev–Trinajstić information content (AvgIpc) is 0.811. The molecule has 0 heterocycles. The molecule has 5 heteroatoms. The van der Waals surface area contributed by atoms with E-state index in [-0.39, 0.29) is 96.9 Å². The van der Waals surface area contributed by atoms with Gasteiger partial charge in [0.1, 0.15) is 0 Å². The van der Waals surface area contributed by atoms with Crippen LogP contribution in [0.4, 0.5) is 4.79 Å². The summed E-state index contributed by atoms with van der Waals surface area (Å²) in [6.07, 6.45) is -1.83. The predicted octanol–water partition coefficient (Wildman–Crippen LogP) is 0.322. The van der Waals surface area contributed by atoms with Crippen molar-refractivity contribution in [1.82, 2.24) is 0 Å². The number of hydrogen-bond donors (Lipinski definition) is 2. The second-order valence-corrected chi connectivity index (χ2v) is 0.283. The molecule has 3 nitrogen and oxygen atoms in total. The molecule has 0 aromatic carbocycles. The van der Waals surface area contributed by atoms with Crippen molar-refractivity contribution in [3.63, 3.8) is 0 Å². The largest absolute Gasteiger partial charge is 2.00 e. The van der Waals surface area contributed by atoms with Crippen LogP contribution in [0.2, 0.25) is 0 Å². The Morgan fingerprint density at radius 1 is 1.43 bits per heavy atom. The Kier molecular flexibility index (Phi) is 51.5. The molecular weight excluding hydrogens is 249 g/mol. The van der Waals surface area contributed by atoms with Gasteiger partial charge in [-0.2, -0.15) is 0 Å². The van der Waals surface area contributed by atoms with Crippen LogP contribution in [0.15, 0.2) is 0 Å². The molecule has 0 rings (SSSR count). The van der Waals surface area contributed by atoms with Crippen molar-refractivity contribution in [2.45, 2.75) is 7.43 Å². The summed E-state index contributed by atoms with van der Waals surface area (Å²) in [5.74, 6) is 0. The van der Waals surface area contributed by atoms with Crippen molar-refractivity contribution >= 4 is 92.8 Å². The van der Waals surface area contributed by atoms with Crippen molar-refractivity contribution in [2.24, 2.45) is 0 Å². The molecule has 0 unspecified atom stereocenters. The maximum atomic E-state index is 8.56. The molecule has 0 saturated heterocycles. The molecule has 7 heavy (non-hydrogen) atoms. The summed E-state index contributed by atoms with van der Waals surface area (Å²) >= 11 is 0. The third kappa shape index (κ3) is 68.3. The number of carboxylic acid groups (broad SMARTS) is 2. The van der Waals surface area contributed by atoms with Crippen LogP contribution in [0.1, 0.15) is 10.3 Å². The van der Waals surface area contributed by atoms with Crippen LogP contribution in [-0.2, 0) is 0 Å². The molecule has 0 aliphatic rings. The van der Waals surface area contributed by atoms with E-state index < -0.39 is 6.16 Å². The minimum Gasteiger partial charge on any atom is -1.00 e. The Morgan fingerprint density at radius 3 is 1.43 bits per heavy atom. The molecule has 0 aliphatic heterocycles. The Morgan fingerprint density at radius 2 is 1.43 bits per heavy atom. The van der Waals surface area contributed by atoms with Crippen LogP contribution in [0, 0.1) is 0 Å². The third-order valence-corrected chi connectivity index (χ3v) is 0. The zero-order valence-electron chi connectivity index (χ0n) is 5.22. The topological polar surface area (TPSA) is 57.5 Å². The standard InChI is InChI=1S/CH2O3.CH4.Ba.Ca.2H/c2-1(3)4;;;;;/h(H2,2,3,4);1H4;;;;/q;;;+2;2*-1. The van der Waals surface area contributed by atoms with E-state index in [1.165, 1.54) is 0 Å². The van der Waals surface area contributed by atoms with Crippen LogP contribution < -0.4 is 0 Å². The fourth-order valence-electron chi connectivity index (χ4n) is 0. The number of hydrogen-bond acceptors (Lipinski definition) is 1. The van der Waals surface area contributed by atoms with Gasteiger partial charge in [0.05, 0.1) is 0 Å². The third-order valence-electron chi connectivity index (χ3n) is 0. The first-order valence-electron chi connectivity index (χ1n) is 0.651. The van der Waals surface area contributed by atoms with Crippen molar-refractivity contribution < 1.29 is 17.9 Å². The van der Waals surface area contributed by atoms with Crippen LogP contribution in [-0.4, -0.2) is 103 Å². The van der Waals surface area contributed by atoms with Crippen LogP contribution in [0.25, 0.3) is 0 Å². The fourth-order valence-corrected chi connectivity index (χ4v) is 0. The molecule has 0 atom stereocenters. The molecule has 0 aromatic rings. The quantitative estimate of drug-likeness (QED) is 0.615. The molecule has 0 amide bonds. The zero-order chi connectivity index (χ0) is 3.58. The van der Waals surface area contributed by atoms with Gasteiger partial charge >= 0.3 is 43.9 Å². The molecule has 38 valence electrons. The summed E-state index contributed by atoms with van der Waals surface area (Å²) in [5, 5.41) is 13.9. The molecule has 0 bridgehead atoms. The van der Waals surface area contributed by atoms with Gasteiger partial charge in [-0.1, -0.05) is 7.43 Å². The molecule has 0 spiro atoms. The van der Waals surface area contributed by atoms with Gasteiger partial charge in [-0.25, -0.2) is 4.79 Å². The van der Waals surface area contributed by atoms with Gasteiger partial charge < -0.3 is 13.1 Å². The molecule has 0 fully saturated rings. The van der Waals surface area contributed by atoms with Gasteiger partial charge in [-0.15, -0.1) is 0 Å². The van der Waals surface area contributed by atoms with Crippen molar-refractivity contribution in [1.29, 1.82) is 0 Å². The van der Waals surface area contributed by atoms with Gasteiger partial charge in [0, 0.05) is 48.9 Å². The van der Waals surface area contributed by atoms with E-state index in [0.717, 1.165) is 0 Å². The normalized spacial score (nSPS) is 3.43. The summed E-state index contributed by atoms with van der Waals surface area (Å²) in [6.45, 7) is 0. The molecular formula is C2H8BaCaO3. The van der Waals surface area contributed by atoms with Gasteiger partial charge in [-0.05, 0) is 0 Å². The minimum absolute atomic E-state index is 0.